The van der Waals surface area contributed by atoms with E-state index in [0.29, 0.717) is 19.3 Å². The van der Waals surface area contributed by atoms with Crippen molar-refractivity contribution in [3.05, 3.63) is 35.4 Å². The maximum absolute atomic E-state index is 12.1. The van der Waals surface area contributed by atoms with Gasteiger partial charge >= 0.3 is 5.97 Å². The highest BCUT2D eigenvalue weighted by molar-refractivity contribution is 5.83. The average Bonchev–Trinajstić information content (AvgIpc) is 2.87. The first-order valence-electron chi connectivity index (χ1n) is 6.82. The molecule has 108 valence electrons. The Morgan fingerprint density at radius 3 is 2.50 bits per heavy atom. The lowest BCUT2D eigenvalue weighted by Crippen LogP contribution is -2.39. The van der Waals surface area contributed by atoms with Crippen molar-refractivity contribution >= 4 is 11.9 Å². The Bertz CT molecular complexity index is 498. The van der Waals surface area contributed by atoms with Crippen molar-refractivity contribution in [3.8, 4) is 0 Å². The number of carboxylic acid groups (broad SMARTS) is 1. The predicted molar refractivity (Wildman–Crippen MR) is 75.0 cm³/mol. The molecule has 0 aliphatic heterocycles. The fourth-order valence-corrected chi connectivity index (χ4v) is 2.55. The lowest BCUT2D eigenvalue weighted by molar-refractivity contribution is -0.141. The number of aryl methyl sites for hydroxylation is 1. The largest absolute Gasteiger partial charge is 0.481 e. The Kier molecular flexibility index (Phi) is 4.39. The summed E-state index contributed by atoms with van der Waals surface area (Å²) in [4.78, 5) is 23.0. The number of carbonyl (C=O) groups excluding carboxylic acids is 1. The number of carbonyl (C=O) groups is 2. The normalized spacial score (nSPS) is 23.3. The SMILES string of the molecule is Cc1ccc(C(N)C(=O)NC2CCC(C(=O)O)C2)cc1. The highest BCUT2D eigenvalue weighted by atomic mass is 16.4. The highest BCUT2D eigenvalue weighted by Crippen LogP contribution is 2.26. The molecule has 5 heteroatoms. The van der Waals surface area contributed by atoms with Crippen LogP contribution in [0.4, 0.5) is 0 Å². The van der Waals surface area contributed by atoms with E-state index in [9.17, 15) is 9.59 Å². The second-order valence-corrected chi connectivity index (χ2v) is 5.44. The minimum Gasteiger partial charge on any atom is -0.481 e. The van der Waals surface area contributed by atoms with Crippen LogP contribution < -0.4 is 11.1 Å². The van der Waals surface area contributed by atoms with Crippen LogP contribution >= 0.6 is 0 Å². The first kappa shape index (κ1) is 14.5. The van der Waals surface area contributed by atoms with Crippen LogP contribution in [0.1, 0.15) is 36.4 Å². The van der Waals surface area contributed by atoms with Gasteiger partial charge in [-0.2, -0.15) is 0 Å². The van der Waals surface area contributed by atoms with Gasteiger partial charge in [-0.3, -0.25) is 9.59 Å². The van der Waals surface area contributed by atoms with Crippen molar-refractivity contribution in [2.75, 3.05) is 0 Å². The van der Waals surface area contributed by atoms with Crippen molar-refractivity contribution in [2.45, 2.75) is 38.3 Å². The topological polar surface area (TPSA) is 92.4 Å². The Balaban J connectivity index is 1.92. The fraction of sp³-hybridized carbons (Fsp3) is 0.467. The summed E-state index contributed by atoms with van der Waals surface area (Å²) in [6.07, 6.45) is 1.80. The number of hydrogen-bond donors (Lipinski definition) is 3. The van der Waals surface area contributed by atoms with Crippen LogP contribution in [-0.2, 0) is 9.59 Å². The van der Waals surface area contributed by atoms with Crippen molar-refractivity contribution in [2.24, 2.45) is 11.7 Å². The Hall–Kier alpha value is -1.88. The molecule has 0 heterocycles. The van der Waals surface area contributed by atoms with Crippen molar-refractivity contribution in [1.29, 1.82) is 0 Å². The molecule has 0 aromatic heterocycles. The van der Waals surface area contributed by atoms with Gasteiger partial charge in [0.1, 0.15) is 6.04 Å². The number of carboxylic acids is 1. The molecule has 0 bridgehead atoms. The van der Waals surface area contributed by atoms with Crippen LogP contribution in [-0.4, -0.2) is 23.0 Å². The molecule has 1 aromatic rings. The molecule has 5 nitrogen and oxygen atoms in total. The van der Waals surface area contributed by atoms with E-state index in [-0.39, 0.29) is 17.9 Å². The molecule has 1 amide bonds. The van der Waals surface area contributed by atoms with E-state index in [1.165, 1.54) is 0 Å². The molecule has 1 aliphatic rings. The summed E-state index contributed by atoms with van der Waals surface area (Å²) in [5.41, 5.74) is 7.81. The predicted octanol–water partition coefficient (Wildman–Crippen LogP) is 1.36. The second-order valence-electron chi connectivity index (χ2n) is 5.44. The van der Waals surface area contributed by atoms with Gasteiger partial charge < -0.3 is 16.2 Å². The first-order valence-corrected chi connectivity index (χ1v) is 6.82. The Morgan fingerprint density at radius 1 is 1.30 bits per heavy atom. The number of rotatable bonds is 4. The standard InChI is InChI=1S/C15H20N2O3/c1-9-2-4-10(5-3-9)13(16)14(18)17-12-7-6-11(8-12)15(19)20/h2-5,11-13H,6-8,16H2,1H3,(H,17,18)(H,19,20). The number of nitrogens with one attached hydrogen (secondary N) is 1. The quantitative estimate of drug-likeness (QED) is 0.774. The zero-order valence-electron chi connectivity index (χ0n) is 11.5. The number of aliphatic carboxylic acids is 1. The lowest BCUT2D eigenvalue weighted by Gasteiger charge is -2.17. The zero-order valence-corrected chi connectivity index (χ0v) is 11.5. The number of benzene rings is 1. The molecule has 20 heavy (non-hydrogen) atoms. The third kappa shape index (κ3) is 3.36. The van der Waals surface area contributed by atoms with E-state index < -0.39 is 12.0 Å². The first-order chi connectivity index (χ1) is 9.47. The van der Waals surface area contributed by atoms with Gasteiger partial charge in [-0.05, 0) is 31.7 Å². The molecular weight excluding hydrogens is 256 g/mol. The van der Waals surface area contributed by atoms with Crippen LogP contribution in [0, 0.1) is 12.8 Å². The molecule has 3 unspecified atom stereocenters. The summed E-state index contributed by atoms with van der Waals surface area (Å²) in [5.74, 6) is -1.38. The van der Waals surface area contributed by atoms with Gasteiger partial charge in [0.05, 0.1) is 5.92 Å². The molecule has 3 atom stereocenters. The summed E-state index contributed by atoms with van der Waals surface area (Å²) in [7, 11) is 0. The second kappa shape index (κ2) is 6.05. The molecule has 0 radical (unpaired) electrons. The van der Waals surface area contributed by atoms with E-state index in [1.807, 2.05) is 31.2 Å². The summed E-state index contributed by atoms with van der Waals surface area (Å²) < 4.78 is 0. The van der Waals surface area contributed by atoms with Crippen LogP contribution in [0.3, 0.4) is 0 Å². The Morgan fingerprint density at radius 2 is 1.95 bits per heavy atom. The van der Waals surface area contributed by atoms with Gasteiger partial charge in [0, 0.05) is 6.04 Å². The van der Waals surface area contributed by atoms with E-state index in [2.05, 4.69) is 5.32 Å². The average molecular weight is 276 g/mol. The zero-order chi connectivity index (χ0) is 14.7. The van der Waals surface area contributed by atoms with E-state index >= 15 is 0 Å². The molecule has 1 aromatic carbocycles. The number of hydrogen-bond acceptors (Lipinski definition) is 3. The number of nitrogens with two attached hydrogens (primary N) is 1. The van der Waals surface area contributed by atoms with Gasteiger partial charge in [0.15, 0.2) is 0 Å². The third-order valence-electron chi connectivity index (χ3n) is 3.85. The van der Waals surface area contributed by atoms with Gasteiger partial charge in [-0.1, -0.05) is 29.8 Å². The molecule has 1 fully saturated rings. The highest BCUT2D eigenvalue weighted by Gasteiger charge is 2.31. The maximum Gasteiger partial charge on any atom is 0.306 e. The van der Waals surface area contributed by atoms with E-state index in [0.717, 1.165) is 11.1 Å². The summed E-state index contributed by atoms with van der Waals surface area (Å²) >= 11 is 0. The molecule has 0 saturated heterocycles. The summed E-state index contributed by atoms with van der Waals surface area (Å²) in [6.45, 7) is 1.97. The fourth-order valence-electron chi connectivity index (χ4n) is 2.55. The molecular formula is C15H20N2O3. The summed E-state index contributed by atoms with van der Waals surface area (Å²) in [6, 6.07) is 6.72. The van der Waals surface area contributed by atoms with Crippen molar-refractivity contribution in [1.82, 2.24) is 5.32 Å². The minimum absolute atomic E-state index is 0.0832. The molecule has 4 N–H and O–H groups in total. The van der Waals surface area contributed by atoms with Crippen LogP contribution in [0.25, 0.3) is 0 Å². The van der Waals surface area contributed by atoms with Gasteiger partial charge in [-0.15, -0.1) is 0 Å². The van der Waals surface area contributed by atoms with Crippen LogP contribution in [0.15, 0.2) is 24.3 Å². The molecule has 1 aliphatic carbocycles. The molecule has 2 rings (SSSR count). The lowest BCUT2D eigenvalue weighted by atomic mass is 10.0. The Labute approximate surface area is 118 Å². The molecule has 0 spiro atoms. The van der Waals surface area contributed by atoms with E-state index in [4.69, 9.17) is 10.8 Å². The smallest absolute Gasteiger partial charge is 0.306 e. The van der Waals surface area contributed by atoms with Gasteiger partial charge in [0.25, 0.3) is 0 Å². The van der Waals surface area contributed by atoms with Gasteiger partial charge in [-0.25, -0.2) is 0 Å². The van der Waals surface area contributed by atoms with Crippen LogP contribution in [0.5, 0.6) is 0 Å². The third-order valence-corrected chi connectivity index (χ3v) is 3.85. The molecule has 1 saturated carbocycles. The monoisotopic (exact) mass is 276 g/mol. The van der Waals surface area contributed by atoms with Gasteiger partial charge in [0.2, 0.25) is 5.91 Å². The number of amides is 1. The van der Waals surface area contributed by atoms with Crippen molar-refractivity contribution in [3.63, 3.8) is 0 Å². The van der Waals surface area contributed by atoms with E-state index in [1.54, 1.807) is 0 Å². The van der Waals surface area contributed by atoms with Crippen LogP contribution in [0.2, 0.25) is 0 Å². The maximum atomic E-state index is 12.1. The minimum atomic E-state index is -0.787. The summed E-state index contributed by atoms with van der Waals surface area (Å²) in [5, 5.41) is 11.8. The van der Waals surface area contributed by atoms with Crippen molar-refractivity contribution < 1.29 is 14.7 Å².